The lowest BCUT2D eigenvalue weighted by Gasteiger charge is -2.15. The van der Waals surface area contributed by atoms with Crippen LogP contribution in [0.15, 0.2) is 53.9 Å². The Kier molecular flexibility index (Phi) is 6.85. The lowest BCUT2D eigenvalue weighted by molar-refractivity contribution is -0.142. The Labute approximate surface area is 177 Å². The van der Waals surface area contributed by atoms with Gasteiger partial charge in [-0.15, -0.1) is 11.3 Å². The zero-order chi connectivity index (χ0) is 20.8. The fraction of sp³-hybridized carbons (Fsp3) is 0.190. The fourth-order valence-corrected chi connectivity index (χ4v) is 3.81. The van der Waals surface area contributed by atoms with Crippen molar-refractivity contribution in [3.63, 3.8) is 0 Å². The minimum absolute atomic E-state index is 0.0260. The van der Waals surface area contributed by atoms with Gasteiger partial charge in [-0.1, -0.05) is 29.8 Å². The number of thiazole rings is 1. The molecule has 0 aliphatic rings. The van der Waals surface area contributed by atoms with Crippen LogP contribution in [0.1, 0.15) is 24.2 Å². The third-order valence-corrected chi connectivity index (χ3v) is 5.36. The summed E-state index contributed by atoms with van der Waals surface area (Å²) in [5, 5.41) is 14.8. The van der Waals surface area contributed by atoms with E-state index in [2.05, 4.69) is 10.3 Å². The molecule has 1 heterocycles. The first-order valence-corrected chi connectivity index (χ1v) is 10.2. The number of nitrogens with zero attached hydrogens (tertiary/aromatic N) is 1. The molecule has 8 heteroatoms. The number of carbonyl (C=O) groups excluding carboxylic acids is 1. The number of carboxylic acid groups (broad SMARTS) is 1. The molecule has 2 N–H and O–H groups in total. The van der Waals surface area contributed by atoms with Crippen molar-refractivity contribution in [2.75, 3.05) is 6.61 Å². The lowest BCUT2D eigenvalue weighted by atomic mass is 10.1. The maximum absolute atomic E-state index is 12.4. The van der Waals surface area contributed by atoms with E-state index in [1.165, 1.54) is 11.3 Å². The standard InChI is InChI=1S/C21H19ClN2O4S/c1-2-28-15-9-7-13(8-10-15)20-23-14(12-29-20)11-18(25)24-19(21(26)27)16-5-3-4-6-17(16)22/h3-10,12,19H,2,11H2,1H3,(H,24,25)(H,26,27). The van der Waals surface area contributed by atoms with E-state index < -0.39 is 17.9 Å². The molecule has 0 bridgehead atoms. The molecule has 1 unspecified atom stereocenters. The highest BCUT2D eigenvalue weighted by atomic mass is 35.5. The van der Waals surface area contributed by atoms with Crippen LogP contribution in [0, 0.1) is 0 Å². The normalized spacial score (nSPS) is 11.7. The van der Waals surface area contributed by atoms with Crippen LogP contribution in [-0.4, -0.2) is 28.6 Å². The van der Waals surface area contributed by atoms with Gasteiger partial charge in [0.15, 0.2) is 6.04 Å². The molecule has 2 aromatic carbocycles. The zero-order valence-corrected chi connectivity index (χ0v) is 17.2. The molecule has 3 aromatic rings. The summed E-state index contributed by atoms with van der Waals surface area (Å²) in [5.74, 6) is -0.840. The highest BCUT2D eigenvalue weighted by Crippen LogP contribution is 2.26. The molecule has 0 saturated carbocycles. The van der Waals surface area contributed by atoms with Crippen molar-refractivity contribution >= 4 is 34.8 Å². The summed E-state index contributed by atoms with van der Waals surface area (Å²) in [7, 11) is 0. The van der Waals surface area contributed by atoms with Crippen LogP contribution < -0.4 is 10.1 Å². The van der Waals surface area contributed by atoms with Crippen molar-refractivity contribution in [1.29, 1.82) is 0 Å². The summed E-state index contributed by atoms with van der Waals surface area (Å²) in [6.07, 6.45) is -0.0260. The zero-order valence-electron chi connectivity index (χ0n) is 15.6. The Hall–Kier alpha value is -2.90. The predicted molar refractivity (Wildman–Crippen MR) is 112 cm³/mol. The van der Waals surface area contributed by atoms with Gasteiger partial charge in [0, 0.05) is 21.5 Å². The SMILES string of the molecule is CCOc1ccc(-c2nc(CC(=O)NC(C(=O)O)c3ccccc3Cl)cs2)cc1. The van der Waals surface area contributed by atoms with Gasteiger partial charge in [-0.3, -0.25) is 4.79 Å². The molecule has 0 spiro atoms. The van der Waals surface area contributed by atoms with E-state index in [9.17, 15) is 14.7 Å². The van der Waals surface area contributed by atoms with Gasteiger partial charge in [0.1, 0.15) is 10.8 Å². The van der Waals surface area contributed by atoms with Crippen LogP contribution in [0.4, 0.5) is 0 Å². The van der Waals surface area contributed by atoms with Gasteiger partial charge in [0.25, 0.3) is 0 Å². The average Bonchev–Trinajstić information content (AvgIpc) is 3.16. The molecule has 1 atom stereocenters. The Balaban J connectivity index is 1.68. The highest BCUT2D eigenvalue weighted by molar-refractivity contribution is 7.13. The third kappa shape index (κ3) is 5.34. The molecule has 0 aliphatic heterocycles. The number of benzene rings is 2. The van der Waals surface area contributed by atoms with E-state index in [1.54, 1.807) is 29.6 Å². The van der Waals surface area contributed by atoms with Crippen molar-refractivity contribution in [2.24, 2.45) is 0 Å². The third-order valence-electron chi connectivity index (χ3n) is 4.07. The monoisotopic (exact) mass is 430 g/mol. The van der Waals surface area contributed by atoms with Crippen LogP contribution in [0.25, 0.3) is 10.6 Å². The number of hydrogen-bond donors (Lipinski definition) is 2. The number of hydrogen-bond acceptors (Lipinski definition) is 5. The van der Waals surface area contributed by atoms with E-state index in [0.717, 1.165) is 16.3 Å². The summed E-state index contributed by atoms with van der Waals surface area (Å²) in [6.45, 7) is 2.52. The molecule has 0 fully saturated rings. The first-order chi connectivity index (χ1) is 14.0. The van der Waals surface area contributed by atoms with E-state index in [0.29, 0.717) is 17.9 Å². The van der Waals surface area contributed by atoms with Gasteiger partial charge in [-0.25, -0.2) is 9.78 Å². The van der Waals surface area contributed by atoms with Gasteiger partial charge in [-0.05, 0) is 37.3 Å². The Morgan fingerprint density at radius 2 is 1.93 bits per heavy atom. The van der Waals surface area contributed by atoms with Crippen molar-refractivity contribution < 1.29 is 19.4 Å². The number of halogens is 1. The Morgan fingerprint density at radius 3 is 2.59 bits per heavy atom. The number of amides is 1. The minimum Gasteiger partial charge on any atom is -0.494 e. The molecule has 0 saturated heterocycles. The van der Waals surface area contributed by atoms with Crippen molar-refractivity contribution in [3.8, 4) is 16.3 Å². The molecule has 3 rings (SSSR count). The smallest absolute Gasteiger partial charge is 0.330 e. The Bertz CT molecular complexity index is 1000. The number of aromatic nitrogens is 1. The van der Waals surface area contributed by atoms with Crippen LogP contribution >= 0.6 is 22.9 Å². The van der Waals surface area contributed by atoms with Crippen molar-refractivity contribution in [2.45, 2.75) is 19.4 Å². The van der Waals surface area contributed by atoms with Crippen LogP contribution in [0.2, 0.25) is 5.02 Å². The van der Waals surface area contributed by atoms with E-state index in [-0.39, 0.29) is 11.4 Å². The second-order valence-electron chi connectivity index (χ2n) is 6.14. The number of ether oxygens (including phenoxy) is 1. The molecule has 6 nitrogen and oxygen atoms in total. The fourth-order valence-electron chi connectivity index (χ4n) is 2.74. The van der Waals surface area contributed by atoms with Gasteiger partial charge >= 0.3 is 5.97 Å². The van der Waals surface area contributed by atoms with E-state index in [1.807, 2.05) is 31.2 Å². The molecule has 150 valence electrons. The van der Waals surface area contributed by atoms with E-state index >= 15 is 0 Å². The number of nitrogens with one attached hydrogen (secondary N) is 1. The largest absolute Gasteiger partial charge is 0.494 e. The van der Waals surface area contributed by atoms with E-state index in [4.69, 9.17) is 16.3 Å². The first kappa shape index (κ1) is 20.8. The number of carboxylic acids is 1. The molecule has 29 heavy (non-hydrogen) atoms. The number of aliphatic carboxylic acids is 1. The molecule has 0 radical (unpaired) electrons. The second-order valence-corrected chi connectivity index (χ2v) is 7.40. The quantitative estimate of drug-likeness (QED) is 0.554. The molecule has 1 amide bonds. The first-order valence-electron chi connectivity index (χ1n) is 8.92. The average molecular weight is 431 g/mol. The minimum atomic E-state index is -1.22. The summed E-state index contributed by atoms with van der Waals surface area (Å²) < 4.78 is 5.43. The summed E-state index contributed by atoms with van der Waals surface area (Å²) >= 11 is 7.49. The van der Waals surface area contributed by atoms with Crippen LogP contribution in [0.5, 0.6) is 5.75 Å². The Morgan fingerprint density at radius 1 is 1.21 bits per heavy atom. The molecule has 0 aliphatic carbocycles. The summed E-state index contributed by atoms with van der Waals surface area (Å²) in [4.78, 5) is 28.5. The van der Waals surface area contributed by atoms with Gasteiger partial charge in [0.05, 0.1) is 18.7 Å². The molecule has 1 aromatic heterocycles. The predicted octanol–water partition coefficient (Wildman–Crippen LogP) is 4.35. The highest BCUT2D eigenvalue weighted by Gasteiger charge is 2.24. The van der Waals surface area contributed by atoms with Gasteiger partial charge in [0.2, 0.25) is 5.91 Å². The molecular formula is C21H19ClN2O4S. The lowest BCUT2D eigenvalue weighted by Crippen LogP contribution is -2.35. The summed E-state index contributed by atoms with van der Waals surface area (Å²) in [6, 6.07) is 12.9. The second kappa shape index (κ2) is 9.54. The van der Waals surface area contributed by atoms with Gasteiger partial charge in [-0.2, -0.15) is 0 Å². The maximum Gasteiger partial charge on any atom is 0.330 e. The topological polar surface area (TPSA) is 88.5 Å². The van der Waals surface area contributed by atoms with Crippen LogP contribution in [0.3, 0.4) is 0 Å². The number of rotatable bonds is 8. The number of carbonyl (C=O) groups is 2. The van der Waals surface area contributed by atoms with Gasteiger partial charge < -0.3 is 15.2 Å². The van der Waals surface area contributed by atoms with Crippen molar-refractivity contribution in [3.05, 3.63) is 70.2 Å². The molecular weight excluding hydrogens is 412 g/mol. The van der Waals surface area contributed by atoms with Crippen LogP contribution in [-0.2, 0) is 16.0 Å². The van der Waals surface area contributed by atoms with Crippen molar-refractivity contribution in [1.82, 2.24) is 10.3 Å². The maximum atomic E-state index is 12.4. The summed E-state index contributed by atoms with van der Waals surface area (Å²) in [5.41, 5.74) is 1.83.